The third kappa shape index (κ3) is 4.71. The molecule has 0 saturated carbocycles. The molecular weight excluding hydrogens is 399 g/mol. The van der Waals surface area contributed by atoms with Crippen molar-refractivity contribution in [1.82, 2.24) is 4.57 Å². The van der Waals surface area contributed by atoms with Crippen LogP contribution in [0.25, 0.3) is 5.69 Å². The van der Waals surface area contributed by atoms with Crippen LogP contribution in [0.2, 0.25) is 0 Å². The van der Waals surface area contributed by atoms with Crippen LogP contribution in [0.5, 0.6) is 5.75 Å². The molecule has 0 unspecified atom stereocenters. The van der Waals surface area contributed by atoms with Crippen LogP contribution in [-0.2, 0) is 4.74 Å². The number of aromatic nitrogens is 1. The number of alkyl halides is 2. The first-order valence-electron chi connectivity index (χ1n) is 8.96. The number of hydrogen-bond donors (Lipinski definition) is 0. The Morgan fingerprint density at radius 3 is 2.37 bits per heavy atom. The average Bonchev–Trinajstić information content (AvgIpc) is 3.00. The van der Waals surface area contributed by atoms with Gasteiger partial charge in [-0.2, -0.15) is 8.78 Å². The highest BCUT2D eigenvalue weighted by Crippen LogP contribution is 2.24. The van der Waals surface area contributed by atoms with Gasteiger partial charge in [0, 0.05) is 22.6 Å². The number of halogens is 3. The molecule has 2 aromatic carbocycles. The minimum absolute atomic E-state index is 0.0133. The third-order valence-corrected chi connectivity index (χ3v) is 4.45. The van der Waals surface area contributed by atoms with Gasteiger partial charge in [0.15, 0.2) is 6.61 Å². The Morgan fingerprint density at radius 1 is 1.03 bits per heavy atom. The lowest BCUT2D eigenvalue weighted by Crippen LogP contribution is -2.15. The van der Waals surface area contributed by atoms with Gasteiger partial charge in [0.05, 0.1) is 5.56 Å². The van der Waals surface area contributed by atoms with E-state index in [0.29, 0.717) is 16.9 Å². The van der Waals surface area contributed by atoms with E-state index in [1.165, 1.54) is 30.3 Å². The first kappa shape index (κ1) is 21.2. The van der Waals surface area contributed by atoms with E-state index in [0.717, 1.165) is 11.8 Å². The maximum atomic E-state index is 13.2. The zero-order valence-electron chi connectivity index (χ0n) is 16.2. The molecule has 0 aliphatic rings. The lowest BCUT2D eigenvalue weighted by atomic mass is 10.1. The summed E-state index contributed by atoms with van der Waals surface area (Å²) >= 11 is 0. The van der Waals surface area contributed by atoms with Crippen molar-refractivity contribution in [2.24, 2.45) is 0 Å². The smallest absolute Gasteiger partial charge is 0.387 e. The zero-order valence-corrected chi connectivity index (χ0v) is 16.2. The Bertz CT molecular complexity index is 1070. The van der Waals surface area contributed by atoms with Crippen LogP contribution < -0.4 is 4.74 Å². The summed E-state index contributed by atoms with van der Waals surface area (Å²) in [5, 5.41) is 0. The number of esters is 1. The fourth-order valence-corrected chi connectivity index (χ4v) is 3.13. The molecule has 3 rings (SSSR count). The van der Waals surface area contributed by atoms with Crippen LogP contribution in [0.4, 0.5) is 13.2 Å². The first-order chi connectivity index (χ1) is 14.3. The molecule has 30 heavy (non-hydrogen) atoms. The van der Waals surface area contributed by atoms with Crippen molar-refractivity contribution in [3.8, 4) is 11.4 Å². The van der Waals surface area contributed by atoms with Crippen LogP contribution in [0, 0.1) is 19.7 Å². The van der Waals surface area contributed by atoms with E-state index in [9.17, 15) is 22.8 Å². The summed E-state index contributed by atoms with van der Waals surface area (Å²) < 4.78 is 48.9. The number of hydrogen-bond acceptors (Lipinski definition) is 4. The maximum Gasteiger partial charge on any atom is 0.387 e. The maximum absolute atomic E-state index is 13.2. The van der Waals surface area contributed by atoms with Crippen molar-refractivity contribution in [3.05, 3.63) is 82.9 Å². The Morgan fingerprint density at radius 2 is 1.73 bits per heavy atom. The monoisotopic (exact) mass is 417 g/mol. The first-order valence-corrected chi connectivity index (χ1v) is 8.96. The molecule has 0 radical (unpaired) electrons. The van der Waals surface area contributed by atoms with Crippen molar-refractivity contribution in [2.75, 3.05) is 6.61 Å². The standard InChI is InChI=1S/C22H18F3NO4/c1-13-10-19(20(27)12-29-21(28)15-4-3-5-16(23)11-15)14(2)26(13)17-6-8-18(9-7-17)30-22(24)25/h3-11,22H,12H2,1-2H3. The van der Waals surface area contributed by atoms with Gasteiger partial charge < -0.3 is 14.0 Å². The van der Waals surface area contributed by atoms with Gasteiger partial charge in [-0.3, -0.25) is 4.79 Å². The highest BCUT2D eigenvalue weighted by molar-refractivity contribution is 6.00. The molecular formula is C22H18F3NO4. The molecule has 0 aliphatic heterocycles. The van der Waals surface area contributed by atoms with E-state index in [-0.39, 0.29) is 11.3 Å². The summed E-state index contributed by atoms with van der Waals surface area (Å²) in [7, 11) is 0. The average molecular weight is 417 g/mol. The largest absolute Gasteiger partial charge is 0.454 e. The van der Waals surface area contributed by atoms with E-state index in [4.69, 9.17) is 4.74 Å². The minimum atomic E-state index is -2.91. The van der Waals surface area contributed by atoms with Gasteiger partial charge in [0.25, 0.3) is 0 Å². The lowest BCUT2D eigenvalue weighted by Gasteiger charge is -2.11. The zero-order chi connectivity index (χ0) is 21.8. The predicted octanol–water partition coefficient (Wildman–Crippen LogP) is 4.87. The van der Waals surface area contributed by atoms with Crippen molar-refractivity contribution in [2.45, 2.75) is 20.5 Å². The van der Waals surface area contributed by atoms with Gasteiger partial charge in [-0.15, -0.1) is 0 Å². The molecule has 8 heteroatoms. The quantitative estimate of drug-likeness (QED) is 0.406. The topological polar surface area (TPSA) is 57.5 Å². The number of carbonyl (C=O) groups excluding carboxylic acids is 2. The lowest BCUT2D eigenvalue weighted by molar-refractivity contribution is -0.0498. The predicted molar refractivity (Wildman–Crippen MR) is 103 cm³/mol. The number of nitrogens with zero attached hydrogens (tertiary/aromatic N) is 1. The normalized spacial score (nSPS) is 10.9. The summed E-state index contributed by atoms with van der Waals surface area (Å²) in [4.78, 5) is 24.6. The molecule has 0 saturated heterocycles. The number of aryl methyl sites for hydroxylation is 1. The second-order valence-corrected chi connectivity index (χ2v) is 6.50. The Labute approximate surface area is 170 Å². The van der Waals surface area contributed by atoms with E-state index >= 15 is 0 Å². The van der Waals surface area contributed by atoms with Gasteiger partial charge >= 0.3 is 12.6 Å². The summed E-state index contributed by atoms with van der Waals surface area (Å²) in [6.07, 6.45) is 0. The molecule has 156 valence electrons. The molecule has 0 spiro atoms. The van der Waals surface area contributed by atoms with E-state index < -0.39 is 30.8 Å². The number of Topliss-reactive ketones (excluding diaryl/α,β-unsaturated/α-hetero) is 1. The molecule has 5 nitrogen and oxygen atoms in total. The molecule has 0 atom stereocenters. The van der Waals surface area contributed by atoms with E-state index in [2.05, 4.69) is 4.74 Å². The molecule has 1 aromatic heterocycles. The summed E-state index contributed by atoms with van der Waals surface area (Å²) in [5.41, 5.74) is 2.35. The summed E-state index contributed by atoms with van der Waals surface area (Å²) in [6, 6.07) is 12.6. The molecule has 0 fully saturated rings. The van der Waals surface area contributed by atoms with Gasteiger partial charge in [-0.05, 0) is 62.4 Å². The van der Waals surface area contributed by atoms with Crippen molar-refractivity contribution in [1.29, 1.82) is 0 Å². The SMILES string of the molecule is Cc1cc(C(=O)COC(=O)c2cccc(F)c2)c(C)n1-c1ccc(OC(F)F)cc1. The molecule has 0 amide bonds. The second kappa shape index (κ2) is 8.86. The third-order valence-electron chi connectivity index (χ3n) is 4.45. The van der Waals surface area contributed by atoms with Crippen molar-refractivity contribution >= 4 is 11.8 Å². The van der Waals surface area contributed by atoms with Gasteiger partial charge in [-0.1, -0.05) is 6.07 Å². The molecule has 0 aliphatic carbocycles. The van der Waals surface area contributed by atoms with Crippen LogP contribution in [0.15, 0.2) is 54.6 Å². The van der Waals surface area contributed by atoms with Crippen LogP contribution in [0.3, 0.4) is 0 Å². The molecule has 0 N–H and O–H groups in total. The highest BCUT2D eigenvalue weighted by atomic mass is 19.3. The van der Waals surface area contributed by atoms with Crippen LogP contribution in [0.1, 0.15) is 32.1 Å². The fraction of sp³-hybridized carbons (Fsp3) is 0.182. The number of benzene rings is 2. The van der Waals surface area contributed by atoms with Crippen LogP contribution >= 0.6 is 0 Å². The number of ketones is 1. The Balaban J connectivity index is 1.74. The number of carbonyl (C=O) groups is 2. The Kier molecular flexibility index (Phi) is 6.25. The van der Waals surface area contributed by atoms with E-state index in [1.807, 2.05) is 0 Å². The van der Waals surface area contributed by atoms with Crippen LogP contribution in [-0.4, -0.2) is 29.5 Å². The highest BCUT2D eigenvalue weighted by Gasteiger charge is 2.19. The van der Waals surface area contributed by atoms with Gasteiger partial charge in [-0.25, -0.2) is 9.18 Å². The van der Waals surface area contributed by atoms with Crippen molar-refractivity contribution < 1.29 is 32.2 Å². The molecule has 0 bridgehead atoms. The molecule has 1 heterocycles. The molecule has 3 aromatic rings. The fourth-order valence-electron chi connectivity index (χ4n) is 3.13. The minimum Gasteiger partial charge on any atom is -0.454 e. The Hall–Kier alpha value is -3.55. The van der Waals surface area contributed by atoms with Gasteiger partial charge in [0.1, 0.15) is 11.6 Å². The second-order valence-electron chi connectivity index (χ2n) is 6.50. The van der Waals surface area contributed by atoms with Crippen molar-refractivity contribution in [3.63, 3.8) is 0 Å². The van der Waals surface area contributed by atoms with Gasteiger partial charge in [0.2, 0.25) is 5.78 Å². The summed E-state index contributed by atoms with van der Waals surface area (Å²) in [6.45, 7) is 0.0932. The summed E-state index contributed by atoms with van der Waals surface area (Å²) in [5.74, 6) is -1.77. The number of ether oxygens (including phenoxy) is 2. The number of rotatable bonds is 7. The van der Waals surface area contributed by atoms with E-state index in [1.54, 1.807) is 36.6 Å².